The van der Waals surface area contributed by atoms with Gasteiger partial charge in [-0.25, -0.2) is 8.42 Å². The molecule has 0 bridgehead atoms. The molecule has 1 amide bonds. The molecule has 0 saturated carbocycles. The van der Waals surface area contributed by atoms with Crippen molar-refractivity contribution in [1.82, 2.24) is 0 Å². The fourth-order valence-electron chi connectivity index (χ4n) is 2.56. The number of carbonyl (C=O) groups excluding carboxylic acids is 1. The van der Waals surface area contributed by atoms with Gasteiger partial charge in [-0.1, -0.05) is 41.9 Å². The van der Waals surface area contributed by atoms with Gasteiger partial charge in [-0.15, -0.1) is 11.8 Å². The predicted molar refractivity (Wildman–Crippen MR) is 125 cm³/mol. The van der Waals surface area contributed by atoms with E-state index in [1.807, 2.05) is 37.3 Å². The topological polar surface area (TPSA) is 75.3 Å². The molecule has 0 aliphatic rings. The zero-order valence-corrected chi connectivity index (χ0v) is 18.6. The van der Waals surface area contributed by atoms with Gasteiger partial charge in [0.1, 0.15) is 0 Å². The van der Waals surface area contributed by atoms with Gasteiger partial charge in [-0.2, -0.15) is 0 Å². The molecule has 0 heterocycles. The second kappa shape index (κ2) is 10.0. The fraction of sp³-hybridized carbons (Fsp3) is 0.136. The van der Waals surface area contributed by atoms with Gasteiger partial charge in [0.15, 0.2) is 0 Å². The lowest BCUT2D eigenvalue weighted by molar-refractivity contribution is -0.115. The number of thioether (sulfide) groups is 1. The molecule has 0 fully saturated rings. The molecule has 0 aliphatic carbocycles. The number of amides is 1. The summed E-state index contributed by atoms with van der Waals surface area (Å²) in [5, 5.41) is 3.10. The largest absolute Gasteiger partial charge is 0.325 e. The molecule has 3 aromatic carbocycles. The van der Waals surface area contributed by atoms with Crippen molar-refractivity contribution in [2.45, 2.75) is 22.8 Å². The number of hydrogen-bond acceptors (Lipinski definition) is 4. The predicted octanol–water partition coefficient (Wildman–Crippen LogP) is 5.40. The monoisotopic (exact) mass is 460 g/mol. The van der Waals surface area contributed by atoms with Gasteiger partial charge in [0.25, 0.3) is 10.0 Å². The van der Waals surface area contributed by atoms with Crippen molar-refractivity contribution >= 4 is 50.7 Å². The molecule has 0 unspecified atom stereocenters. The summed E-state index contributed by atoms with van der Waals surface area (Å²) in [5.41, 5.74) is 2.11. The molecule has 5 nitrogen and oxygen atoms in total. The van der Waals surface area contributed by atoms with Crippen LogP contribution in [0.4, 0.5) is 11.4 Å². The minimum absolute atomic E-state index is 0.0990. The molecule has 8 heteroatoms. The molecule has 0 spiro atoms. The van der Waals surface area contributed by atoms with E-state index in [2.05, 4.69) is 10.0 Å². The summed E-state index contributed by atoms with van der Waals surface area (Å²) in [6, 6.07) is 22.4. The van der Waals surface area contributed by atoms with Crippen molar-refractivity contribution in [3.05, 3.63) is 89.4 Å². The number of carbonyl (C=O) groups is 1. The number of halogens is 1. The maximum atomic E-state index is 12.5. The molecule has 2 N–H and O–H groups in total. The highest BCUT2D eigenvalue weighted by Gasteiger charge is 2.16. The number of sulfonamides is 1. The van der Waals surface area contributed by atoms with Gasteiger partial charge >= 0.3 is 0 Å². The summed E-state index contributed by atoms with van der Waals surface area (Å²) in [6.07, 6.45) is 0. The molecule has 1 atom stereocenters. The number of hydrogen-bond donors (Lipinski definition) is 2. The molecule has 0 aromatic heterocycles. The molecule has 0 saturated heterocycles. The van der Waals surface area contributed by atoms with Crippen molar-refractivity contribution in [3.8, 4) is 0 Å². The Morgan fingerprint density at radius 2 is 1.53 bits per heavy atom. The molecule has 0 radical (unpaired) electrons. The van der Waals surface area contributed by atoms with Gasteiger partial charge in [0, 0.05) is 22.2 Å². The summed E-state index contributed by atoms with van der Waals surface area (Å²) in [4.78, 5) is 12.5. The minimum atomic E-state index is -3.74. The van der Waals surface area contributed by atoms with Crippen LogP contribution in [0.2, 0.25) is 5.02 Å². The van der Waals surface area contributed by atoms with Crippen LogP contribution in [0.3, 0.4) is 0 Å². The number of nitrogens with one attached hydrogen (secondary N) is 2. The van der Waals surface area contributed by atoms with Crippen molar-refractivity contribution in [2.75, 3.05) is 10.0 Å². The summed E-state index contributed by atoms with van der Waals surface area (Å²) >= 11 is 7.36. The molecule has 3 rings (SSSR count). The van der Waals surface area contributed by atoms with Crippen molar-refractivity contribution in [3.63, 3.8) is 0 Å². The van der Waals surface area contributed by atoms with Gasteiger partial charge in [-0.05, 0) is 61.0 Å². The van der Waals surface area contributed by atoms with Gasteiger partial charge in [0.05, 0.1) is 10.1 Å². The third-order valence-electron chi connectivity index (χ3n) is 4.24. The van der Waals surface area contributed by atoms with E-state index in [1.54, 1.807) is 36.4 Å². The van der Waals surface area contributed by atoms with E-state index in [0.717, 1.165) is 11.3 Å². The van der Waals surface area contributed by atoms with Crippen molar-refractivity contribution in [2.24, 2.45) is 0 Å². The van der Waals surface area contributed by atoms with Gasteiger partial charge in [-0.3, -0.25) is 9.52 Å². The normalized spacial score (nSPS) is 12.2. The van der Waals surface area contributed by atoms with E-state index in [4.69, 9.17) is 11.6 Å². The highest BCUT2D eigenvalue weighted by molar-refractivity contribution is 7.99. The van der Waals surface area contributed by atoms with Gasteiger partial charge in [0.2, 0.25) is 5.91 Å². The lowest BCUT2D eigenvalue weighted by Gasteiger charge is -2.13. The third kappa shape index (κ3) is 6.26. The van der Waals surface area contributed by atoms with Crippen LogP contribution in [-0.2, 0) is 20.6 Å². The maximum Gasteiger partial charge on any atom is 0.261 e. The Hall–Kier alpha value is -2.48. The van der Waals surface area contributed by atoms with Crippen LogP contribution in [0.25, 0.3) is 0 Å². The first kappa shape index (κ1) is 22.2. The smallest absolute Gasteiger partial charge is 0.261 e. The maximum absolute atomic E-state index is 12.5. The minimum Gasteiger partial charge on any atom is -0.325 e. The van der Waals surface area contributed by atoms with Crippen LogP contribution in [0.15, 0.2) is 83.8 Å². The second-order valence-electron chi connectivity index (χ2n) is 6.56. The molecule has 30 heavy (non-hydrogen) atoms. The Kier molecular flexibility index (Phi) is 7.42. The number of anilines is 2. The van der Waals surface area contributed by atoms with Crippen molar-refractivity contribution in [1.29, 1.82) is 0 Å². The fourth-order valence-corrected chi connectivity index (χ4v) is 4.59. The standard InChI is InChI=1S/C22H21ClN2O3S2/c1-16(29-15-17-5-3-2-4-6-17)22(26)24-19-11-13-21(14-12-19)30(27,28)25-20-9-7-18(23)8-10-20/h2-14,16,25H,15H2,1H3,(H,24,26)/t16-/m0/s1. The summed E-state index contributed by atoms with van der Waals surface area (Å²) in [5.74, 6) is 0.606. The molecule has 156 valence electrons. The van der Waals surface area contributed by atoms with Crippen LogP contribution < -0.4 is 10.0 Å². The van der Waals surface area contributed by atoms with Crippen LogP contribution >= 0.6 is 23.4 Å². The average Bonchev–Trinajstić information content (AvgIpc) is 2.74. The molecular formula is C22H21ClN2O3S2. The molecule has 3 aromatic rings. The zero-order valence-electron chi connectivity index (χ0n) is 16.2. The highest BCUT2D eigenvalue weighted by atomic mass is 35.5. The molecular weight excluding hydrogens is 440 g/mol. The van der Waals surface area contributed by atoms with Crippen LogP contribution in [0.5, 0.6) is 0 Å². The Balaban J connectivity index is 1.57. The van der Waals surface area contributed by atoms with Crippen molar-refractivity contribution < 1.29 is 13.2 Å². The van der Waals surface area contributed by atoms with E-state index in [-0.39, 0.29) is 16.1 Å². The van der Waals surface area contributed by atoms with E-state index >= 15 is 0 Å². The van der Waals surface area contributed by atoms with Crippen LogP contribution in [0, 0.1) is 0 Å². The zero-order chi connectivity index (χ0) is 21.6. The highest BCUT2D eigenvalue weighted by Crippen LogP contribution is 2.22. The quantitative estimate of drug-likeness (QED) is 0.471. The number of benzene rings is 3. The van der Waals surface area contributed by atoms with Crippen LogP contribution in [0.1, 0.15) is 12.5 Å². The first-order valence-electron chi connectivity index (χ1n) is 9.18. The van der Waals surface area contributed by atoms with E-state index < -0.39 is 10.0 Å². The van der Waals surface area contributed by atoms with E-state index in [0.29, 0.717) is 16.4 Å². The first-order chi connectivity index (χ1) is 14.3. The summed E-state index contributed by atoms with van der Waals surface area (Å²) < 4.78 is 27.5. The molecule has 0 aliphatic heterocycles. The van der Waals surface area contributed by atoms with E-state index in [1.165, 1.54) is 23.9 Å². The average molecular weight is 461 g/mol. The second-order valence-corrected chi connectivity index (χ2v) is 10.0. The summed E-state index contributed by atoms with van der Waals surface area (Å²) in [7, 11) is -3.74. The Morgan fingerprint density at radius 1 is 0.933 bits per heavy atom. The third-order valence-corrected chi connectivity index (χ3v) is 7.10. The lowest BCUT2D eigenvalue weighted by atomic mass is 10.2. The SMILES string of the molecule is C[C@H](SCc1ccccc1)C(=O)Nc1ccc(S(=O)(=O)Nc2ccc(Cl)cc2)cc1. The lowest BCUT2D eigenvalue weighted by Crippen LogP contribution is -2.22. The van der Waals surface area contributed by atoms with E-state index in [9.17, 15) is 13.2 Å². The Labute approximate surface area is 185 Å². The number of rotatable bonds is 8. The first-order valence-corrected chi connectivity index (χ1v) is 12.1. The van der Waals surface area contributed by atoms with Crippen LogP contribution in [-0.4, -0.2) is 19.6 Å². The van der Waals surface area contributed by atoms with Gasteiger partial charge < -0.3 is 5.32 Å². The summed E-state index contributed by atoms with van der Waals surface area (Å²) in [6.45, 7) is 1.85. The Morgan fingerprint density at radius 3 is 2.17 bits per heavy atom. The Bertz CT molecular complexity index is 1090.